The maximum atomic E-state index is 12.4. The molecule has 0 aliphatic heterocycles. The van der Waals surface area contributed by atoms with Crippen molar-refractivity contribution in [1.29, 1.82) is 0 Å². The number of anilines is 1. The SMILES string of the molecule is Cc1cc(NC(=O)C(C)NS(=O)(=O)c2ccc3[nH]c(=O)[nH]c3c2)no1. The number of aromatic nitrogens is 3. The number of amides is 1. The molecule has 1 atom stereocenters. The van der Waals surface area contributed by atoms with Gasteiger partial charge in [0.1, 0.15) is 5.76 Å². The largest absolute Gasteiger partial charge is 0.360 e. The predicted octanol–water partition coefficient (Wildman–Crippen LogP) is 0.458. The lowest BCUT2D eigenvalue weighted by atomic mass is 10.3. The van der Waals surface area contributed by atoms with E-state index < -0.39 is 27.7 Å². The van der Waals surface area contributed by atoms with Crippen LogP contribution in [-0.2, 0) is 14.8 Å². The highest BCUT2D eigenvalue weighted by atomic mass is 32.2. The third-order valence-corrected chi connectivity index (χ3v) is 4.94. The first-order valence-electron chi connectivity index (χ1n) is 7.23. The van der Waals surface area contributed by atoms with E-state index >= 15 is 0 Å². The van der Waals surface area contributed by atoms with Crippen LogP contribution < -0.4 is 15.7 Å². The Morgan fingerprint density at radius 3 is 2.64 bits per heavy atom. The lowest BCUT2D eigenvalue weighted by Crippen LogP contribution is -2.41. The van der Waals surface area contributed by atoms with Gasteiger partial charge in [0.2, 0.25) is 15.9 Å². The number of aromatic amines is 2. The van der Waals surface area contributed by atoms with Crippen LogP contribution in [-0.4, -0.2) is 35.5 Å². The van der Waals surface area contributed by atoms with Crippen LogP contribution in [0.1, 0.15) is 12.7 Å². The van der Waals surface area contributed by atoms with Gasteiger partial charge >= 0.3 is 5.69 Å². The van der Waals surface area contributed by atoms with Crippen molar-refractivity contribution in [2.45, 2.75) is 24.8 Å². The van der Waals surface area contributed by atoms with Crippen molar-refractivity contribution in [1.82, 2.24) is 19.8 Å². The van der Waals surface area contributed by atoms with Gasteiger partial charge in [0.05, 0.1) is 22.0 Å². The second-order valence-corrected chi connectivity index (χ2v) is 7.16. The van der Waals surface area contributed by atoms with E-state index in [2.05, 4.69) is 25.2 Å². The third-order valence-electron chi connectivity index (χ3n) is 3.40. The summed E-state index contributed by atoms with van der Waals surface area (Å²) in [6.45, 7) is 3.06. The Labute approximate surface area is 141 Å². The van der Waals surface area contributed by atoms with Crippen molar-refractivity contribution in [3.8, 4) is 0 Å². The van der Waals surface area contributed by atoms with E-state index in [-0.39, 0.29) is 10.7 Å². The molecule has 3 rings (SSSR count). The van der Waals surface area contributed by atoms with E-state index in [0.29, 0.717) is 16.8 Å². The number of imidazole rings is 1. The number of sulfonamides is 1. The summed E-state index contributed by atoms with van der Waals surface area (Å²) >= 11 is 0. The second-order valence-electron chi connectivity index (χ2n) is 5.44. The minimum Gasteiger partial charge on any atom is -0.360 e. The number of hydrogen-bond acceptors (Lipinski definition) is 6. The lowest BCUT2D eigenvalue weighted by Gasteiger charge is -2.13. The fourth-order valence-electron chi connectivity index (χ4n) is 2.19. The highest BCUT2D eigenvalue weighted by Crippen LogP contribution is 2.15. The Morgan fingerprint density at radius 2 is 1.96 bits per heavy atom. The average Bonchev–Trinajstić information content (AvgIpc) is 3.10. The molecule has 1 aromatic carbocycles. The molecule has 1 unspecified atom stereocenters. The zero-order chi connectivity index (χ0) is 18.2. The van der Waals surface area contributed by atoms with Crippen LogP contribution in [0.5, 0.6) is 0 Å². The van der Waals surface area contributed by atoms with Crippen LogP contribution in [0, 0.1) is 6.92 Å². The Hall–Kier alpha value is -2.92. The summed E-state index contributed by atoms with van der Waals surface area (Å²) in [6.07, 6.45) is 0. The summed E-state index contributed by atoms with van der Waals surface area (Å²) in [5, 5.41) is 6.05. The number of carbonyl (C=O) groups excluding carboxylic acids is 1. The molecule has 25 heavy (non-hydrogen) atoms. The summed E-state index contributed by atoms with van der Waals surface area (Å²) in [4.78, 5) is 28.2. The van der Waals surface area contributed by atoms with Crippen LogP contribution in [0.15, 0.2) is 38.5 Å². The zero-order valence-electron chi connectivity index (χ0n) is 13.3. The zero-order valence-corrected chi connectivity index (χ0v) is 14.1. The van der Waals surface area contributed by atoms with Gasteiger partial charge in [-0.05, 0) is 32.0 Å². The number of fused-ring (bicyclic) bond motifs is 1. The number of hydrogen-bond donors (Lipinski definition) is 4. The van der Waals surface area contributed by atoms with Gasteiger partial charge in [-0.2, -0.15) is 4.72 Å². The number of carbonyl (C=O) groups is 1. The molecule has 1 amide bonds. The summed E-state index contributed by atoms with van der Waals surface area (Å²) in [5.41, 5.74) is 0.396. The third kappa shape index (κ3) is 3.61. The number of H-pyrrole nitrogens is 2. The first-order valence-corrected chi connectivity index (χ1v) is 8.71. The molecule has 2 heterocycles. The first-order chi connectivity index (χ1) is 11.7. The number of rotatable bonds is 5. The Kier molecular flexibility index (Phi) is 4.18. The smallest absolute Gasteiger partial charge is 0.323 e. The van der Waals surface area contributed by atoms with Crippen molar-refractivity contribution < 1.29 is 17.7 Å². The molecule has 132 valence electrons. The standard InChI is InChI=1S/C14H15N5O5S/c1-7-5-12(18-24-7)17-13(20)8(2)19-25(22,23)9-3-4-10-11(6-9)16-14(21)15-10/h3-6,8,19H,1-2H3,(H2,15,16,21)(H,17,18,20). The molecule has 4 N–H and O–H groups in total. The van der Waals surface area contributed by atoms with Crippen LogP contribution in [0.3, 0.4) is 0 Å². The van der Waals surface area contributed by atoms with Gasteiger partial charge < -0.3 is 19.8 Å². The Morgan fingerprint density at radius 1 is 1.24 bits per heavy atom. The van der Waals surface area contributed by atoms with Gasteiger partial charge in [0.25, 0.3) is 0 Å². The molecule has 3 aromatic rings. The van der Waals surface area contributed by atoms with Crippen molar-refractivity contribution in [2.75, 3.05) is 5.32 Å². The summed E-state index contributed by atoms with van der Waals surface area (Å²) in [7, 11) is -3.96. The molecule has 0 aliphatic rings. The highest BCUT2D eigenvalue weighted by Gasteiger charge is 2.23. The molecule has 0 saturated carbocycles. The topological polar surface area (TPSA) is 150 Å². The van der Waals surface area contributed by atoms with Gasteiger partial charge in [-0.3, -0.25) is 4.79 Å². The van der Waals surface area contributed by atoms with Crippen molar-refractivity contribution >= 4 is 32.8 Å². The van der Waals surface area contributed by atoms with Gasteiger partial charge in [-0.25, -0.2) is 13.2 Å². The maximum absolute atomic E-state index is 12.4. The molecule has 2 aromatic heterocycles. The van der Waals surface area contributed by atoms with Crippen LogP contribution >= 0.6 is 0 Å². The molecular formula is C14H15N5O5S. The summed E-state index contributed by atoms with van der Waals surface area (Å²) in [5.74, 6) is 0.116. The van der Waals surface area contributed by atoms with Crippen LogP contribution in [0.2, 0.25) is 0 Å². The van der Waals surface area contributed by atoms with E-state index in [1.807, 2.05) is 0 Å². The second kappa shape index (κ2) is 6.18. The number of aryl methyl sites for hydroxylation is 1. The van der Waals surface area contributed by atoms with Gasteiger partial charge in [0, 0.05) is 6.07 Å². The van der Waals surface area contributed by atoms with E-state index in [9.17, 15) is 18.0 Å². The van der Waals surface area contributed by atoms with Crippen molar-refractivity contribution in [2.24, 2.45) is 0 Å². The van der Waals surface area contributed by atoms with E-state index in [1.54, 1.807) is 6.92 Å². The monoisotopic (exact) mass is 365 g/mol. The normalized spacial score (nSPS) is 13.0. The quantitative estimate of drug-likeness (QED) is 0.516. The highest BCUT2D eigenvalue weighted by molar-refractivity contribution is 7.89. The molecule has 0 aliphatic carbocycles. The van der Waals surface area contributed by atoms with E-state index in [1.165, 1.54) is 31.2 Å². The van der Waals surface area contributed by atoms with Crippen molar-refractivity contribution in [3.63, 3.8) is 0 Å². The predicted molar refractivity (Wildman–Crippen MR) is 88.6 cm³/mol. The number of nitrogens with zero attached hydrogens (tertiary/aromatic N) is 1. The minimum absolute atomic E-state index is 0.0767. The minimum atomic E-state index is -3.96. The average molecular weight is 365 g/mol. The lowest BCUT2D eigenvalue weighted by molar-refractivity contribution is -0.117. The molecule has 0 fully saturated rings. The summed E-state index contributed by atoms with van der Waals surface area (Å²) in [6, 6.07) is 4.56. The van der Waals surface area contributed by atoms with Crippen LogP contribution in [0.25, 0.3) is 11.0 Å². The van der Waals surface area contributed by atoms with E-state index in [0.717, 1.165) is 0 Å². The number of nitrogens with one attached hydrogen (secondary N) is 4. The van der Waals surface area contributed by atoms with Crippen LogP contribution in [0.4, 0.5) is 5.82 Å². The Balaban J connectivity index is 1.76. The van der Waals surface area contributed by atoms with E-state index in [4.69, 9.17) is 4.52 Å². The fourth-order valence-corrected chi connectivity index (χ4v) is 3.42. The van der Waals surface area contributed by atoms with Gasteiger partial charge in [-0.1, -0.05) is 5.16 Å². The summed E-state index contributed by atoms with van der Waals surface area (Å²) < 4.78 is 31.9. The van der Waals surface area contributed by atoms with Crippen molar-refractivity contribution in [3.05, 3.63) is 40.5 Å². The molecule has 0 radical (unpaired) electrons. The number of benzene rings is 1. The molecule has 0 spiro atoms. The van der Waals surface area contributed by atoms with Gasteiger partial charge in [-0.15, -0.1) is 0 Å². The molecular weight excluding hydrogens is 350 g/mol. The molecule has 11 heteroatoms. The molecule has 0 saturated heterocycles. The molecule has 10 nitrogen and oxygen atoms in total. The Bertz CT molecular complexity index is 1090. The molecule has 0 bridgehead atoms. The van der Waals surface area contributed by atoms with Gasteiger partial charge in [0.15, 0.2) is 5.82 Å². The fraction of sp³-hybridized carbons (Fsp3) is 0.214. The maximum Gasteiger partial charge on any atom is 0.323 e. The first kappa shape index (κ1) is 16.9.